The molecule has 1 atom stereocenters. The maximum atomic E-state index is 13.6. The van der Waals surface area contributed by atoms with Crippen molar-refractivity contribution in [2.75, 3.05) is 10.6 Å². The van der Waals surface area contributed by atoms with Crippen LogP contribution in [-0.4, -0.2) is 28.0 Å². The van der Waals surface area contributed by atoms with E-state index in [1.54, 1.807) is 42.5 Å². The monoisotopic (exact) mass is 666 g/mol. The van der Waals surface area contributed by atoms with Crippen LogP contribution in [0, 0.1) is 0 Å². The molecule has 1 heterocycles. The minimum absolute atomic E-state index is 0.0663. The van der Waals surface area contributed by atoms with Gasteiger partial charge in [0, 0.05) is 33.5 Å². The summed E-state index contributed by atoms with van der Waals surface area (Å²) in [5.74, 6) is -0.375. The molecule has 0 radical (unpaired) electrons. The molecule has 8 nitrogen and oxygen atoms in total. The van der Waals surface area contributed by atoms with Gasteiger partial charge in [-0.05, 0) is 90.2 Å². The number of hydrogen-bond acceptors (Lipinski definition) is 5. The molecule has 0 aliphatic carbocycles. The van der Waals surface area contributed by atoms with Crippen LogP contribution in [0.1, 0.15) is 28.4 Å². The van der Waals surface area contributed by atoms with Crippen LogP contribution in [0.3, 0.4) is 0 Å². The van der Waals surface area contributed by atoms with Gasteiger partial charge in [0.1, 0.15) is 18.1 Å². The van der Waals surface area contributed by atoms with E-state index < -0.39 is 17.1 Å². The van der Waals surface area contributed by atoms with E-state index in [1.165, 1.54) is 11.8 Å². The maximum Gasteiger partial charge on any atom is 0.272 e. The Hall–Kier alpha value is -6.06. The van der Waals surface area contributed by atoms with Crippen LogP contribution in [0.4, 0.5) is 11.4 Å². The van der Waals surface area contributed by atoms with Crippen LogP contribution in [0.5, 0.6) is 5.75 Å². The first-order chi connectivity index (χ1) is 23.9. The lowest BCUT2D eigenvalue weighted by Gasteiger charge is -2.14. The Labute approximate surface area is 288 Å². The third kappa shape index (κ3) is 9.06. The third-order valence-electron chi connectivity index (χ3n) is 7.56. The molecule has 0 aliphatic heterocycles. The first kappa shape index (κ1) is 32.9. The van der Waals surface area contributed by atoms with E-state index >= 15 is 0 Å². The molecule has 0 fully saturated rings. The Morgan fingerprint density at radius 2 is 1.51 bits per heavy atom. The van der Waals surface area contributed by atoms with E-state index in [-0.39, 0.29) is 11.6 Å². The van der Waals surface area contributed by atoms with Crippen molar-refractivity contribution in [1.29, 1.82) is 0 Å². The van der Waals surface area contributed by atoms with E-state index in [2.05, 4.69) is 20.9 Å². The second-order valence-corrected chi connectivity index (χ2v) is 12.6. The molecule has 1 unspecified atom stereocenters. The molecule has 1 aromatic heterocycles. The number of anilines is 2. The Bertz CT molecular complexity index is 2090. The Kier molecular flexibility index (Phi) is 10.5. The molecular weight excluding hydrogens is 633 g/mol. The standard InChI is InChI=1S/C40H34N4O4S/c1-27(38(45)42-33-18-17-30-21-22-41-36(30)25-33)49-35-14-8-13-32(24-35)43-40(47)37(44-39(46)31-11-6-3-7-12-31)23-28-15-19-34(20-16-28)48-26-29-9-4-2-5-10-29/h2-25,27,41H,26H2,1H3,(H,42,45)(H,43,47)(H,44,46)/b37-23-. The minimum atomic E-state index is -0.499. The highest BCUT2D eigenvalue weighted by atomic mass is 32.2. The SMILES string of the molecule is CC(Sc1cccc(NC(=O)/C(=C/c2ccc(OCc3ccccc3)cc2)NC(=O)c2ccccc2)c1)C(=O)Nc1ccc2cc[nH]c2c1. The van der Waals surface area contributed by atoms with Gasteiger partial charge in [-0.3, -0.25) is 14.4 Å². The van der Waals surface area contributed by atoms with Crippen LogP contribution in [0.2, 0.25) is 0 Å². The number of rotatable bonds is 12. The number of aromatic amines is 1. The average Bonchev–Trinajstić information content (AvgIpc) is 3.60. The summed E-state index contributed by atoms with van der Waals surface area (Å²) in [6, 6.07) is 40.8. The van der Waals surface area contributed by atoms with Crippen LogP contribution in [-0.2, 0) is 16.2 Å². The van der Waals surface area contributed by atoms with Gasteiger partial charge in [0.2, 0.25) is 5.91 Å². The topological polar surface area (TPSA) is 112 Å². The summed E-state index contributed by atoms with van der Waals surface area (Å²) in [6.07, 6.45) is 3.48. The molecule has 0 saturated carbocycles. The number of thioether (sulfide) groups is 1. The summed E-state index contributed by atoms with van der Waals surface area (Å²) in [6.45, 7) is 2.26. The van der Waals surface area contributed by atoms with Crippen molar-refractivity contribution in [3.05, 3.63) is 162 Å². The Balaban J connectivity index is 1.13. The zero-order chi connectivity index (χ0) is 34.0. The smallest absolute Gasteiger partial charge is 0.272 e. The fourth-order valence-corrected chi connectivity index (χ4v) is 5.91. The number of ether oxygens (including phenoxy) is 1. The molecule has 0 spiro atoms. The van der Waals surface area contributed by atoms with Crippen molar-refractivity contribution in [2.24, 2.45) is 0 Å². The lowest BCUT2D eigenvalue weighted by Crippen LogP contribution is -2.30. The van der Waals surface area contributed by atoms with E-state index in [4.69, 9.17) is 4.74 Å². The van der Waals surface area contributed by atoms with E-state index in [9.17, 15) is 14.4 Å². The highest BCUT2D eigenvalue weighted by Gasteiger charge is 2.18. The van der Waals surface area contributed by atoms with Crippen molar-refractivity contribution in [2.45, 2.75) is 23.7 Å². The quantitative estimate of drug-likeness (QED) is 0.0776. The molecule has 49 heavy (non-hydrogen) atoms. The zero-order valence-electron chi connectivity index (χ0n) is 26.7. The Morgan fingerprint density at radius 3 is 2.29 bits per heavy atom. The molecule has 0 saturated heterocycles. The fraction of sp³-hybridized carbons (Fsp3) is 0.0750. The number of aromatic nitrogens is 1. The predicted molar refractivity (Wildman–Crippen MR) is 196 cm³/mol. The number of fused-ring (bicyclic) bond motifs is 1. The highest BCUT2D eigenvalue weighted by molar-refractivity contribution is 8.00. The number of amides is 3. The molecule has 9 heteroatoms. The average molecular weight is 667 g/mol. The van der Waals surface area contributed by atoms with Crippen molar-refractivity contribution >= 4 is 57.8 Å². The first-order valence-electron chi connectivity index (χ1n) is 15.7. The zero-order valence-corrected chi connectivity index (χ0v) is 27.5. The van der Waals surface area contributed by atoms with E-state index in [0.717, 1.165) is 21.4 Å². The summed E-state index contributed by atoms with van der Waals surface area (Å²) in [5.41, 5.74) is 4.41. The number of hydrogen-bond donors (Lipinski definition) is 4. The predicted octanol–water partition coefficient (Wildman–Crippen LogP) is 8.28. The molecule has 6 rings (SSSR count). The number of carbonyl (C=O) groups excluding carboxylic acids is 3. The lowest BCUT2D eigenvalue weighted by molar-refractivity contribution is -0.115. The van der Waals surface area contributed by atoms with Gasteiger partial charge in [0.25, 0.3) is 11.8 Å². The molecule has 3 amide bonds. The summed E-state index contributed by atoms with van der Waals surface area (Å²) in [7, 11) is 0. The first-order valence-corrected chi connectivity index (χ1v) is 16.6. The Morgan fingerprint density at radius 1 is 0.776 bits per heavy atom. The van der Waals surface area contributed by atoms with Gasteiger partial charge < -0.3 is 25.7 Å². The minimum Gasteiger partial charge on any atom is -0.489 e. The van der Waals surface area contributed by atoms with Crippen LogP contribution < -0.4 is 20.7 Å². The van der Waals surface area contributed by atoms with Gasteiger partial charge in [-0.15, -0.1) is 11.8 Å². The van der Waals surface area contributed by atoms with Gasteiger partial charge in [0.05, 0.1) is 5.25 Å². The third-order valence-corrected chi connectivity index (χ3v) is 8.66. The molecule has 4 N–H and O–H groups in total. The van der Waals surface area contributed by atoms with Gasteiger partial charge in [-0.1, -0.05) is 72.8 Å². The molecule has 5 aromatic carbocycles. The van der Waals surface area contributed by atoms with Crippen LogP contribution in [0.25, 0.3) is 17.0 Å². The lowest BCUT2D eigenvalue weighted by atomic mass is 10.1. The largest absolute Gasteiger partial charge is 0.489 e. The number of nitrogens with one attached hydrogen (secondary N) is 4. The van der Waals surface area contributed by atoms with Gasteiger partial charge >= 0.3 is 0 Å². The normalized spacial score (nSPS) is 11.8. The second kappa shape index (κ2) is 15.7. The van der Waals surface area contributed by atoms with Crippen molar-refractivity contribution in [3.8, 4) is 5.75 Å². The fourth-order valence-electron chi connectivity index (χ4n) is 4.98. The summed E-state index contributed by atoms with van der Waals surface area (Å²) >= 11 is 1.37. The van der Waals surface area contributed by atoms with Gasteiger partial charge in [-0.25, -0.2) is 0 Å². The number of benzene rings is 5. The molecule has 0 aliphatic rings. The summed E-state index contributed by atoms with van der Waals surface area (Å²) < 4.78 is 5.90. The van der Waals surface area contributed by atoms with Gasteiger partial charge in [-0.2, -0.15) is 0 Å². The van der Waals surface area contributed by atoms with Gasteiger partial charge in [0.15, 0.2) is 0 Å². The molecule has 244 valence electrons. The van der Waals surface area contributed by atoms with Crippen molar-refractivity contribution < 1.29 is 19.1 Å². The van der Waals surface area contributed by atoms with Crippen LogP contribution >= 0.6 is 11.8 Å². The molecule has 6 aromatic rings. The van der Waals surface area contributed by atoms with Crippen LogP contribution in [0.15, 0.2) is 150 Å². The number of carbonyl (C=O) groups is 3. The van der Waals surface area contributed by atoms with Crippen molar-refractivity contribution in [1.82, 2.24) is 10.3 Å². The summed E-state index contributed by atoms with van der Waals surface area (Å²) in [5, 5.41) is 9.31. The summed E-state index contributed by atoms with van der Waals surface area (Å²) in [4.78, 5) is 43.7. The second-order valence-electron chi connectivity index (χ2n) is 11.2. The van der Waals surface area contributed by atoms with E-state index in [1.807, 2.05) is 110 Å². The highest BCUT2D eigenvalue weighted by Crippen LogP contribution is 2.27. The molecular formula is C40H34N4O4S. The van der Waals surface area contributed by atoms with Crippen molar-refractivity contribution in [3.63, 3.8) is 0 Å². The van der Waals surface area contributed by atoms with E-state index in [0.29, 0.717) is 34.9 Å². The number of H-pyrrole nitrogens is 1. The maximum absolute atomic E-state index is 13.6. The molecule has 0 bridgehead atoms.